The number of nitrogens with one attached hydrogen (secondary N) is 2. The normalized spacial score (nSPS) is 10.2. The molecule has 2 N–H and O–H groups in total. The maximum atomic E-state index is 12.4. The first-order valence-corrected chi connectivity index (χ1v) is 8.85. The molecule has 3 rings (SSSR count). The average molecular weight is 394 g/mol. The Balaban J connectivity index is 1.72. The number of amides is 2. The zero-order valence-electron chi connectivity index (χ0n) is 16.4. The van der Waals surface area contributed by atoms with Gasteiger partial charge >= 0.3 is 6.03 Å². The monoisotopic (exact) mass is 394 g/mol. The molecule has 3 aromatic rings. The predicted molar refractivity (Wildman–Crippen MR) is 109 cm³/mol. The van der Waals surface area contributed by atoms with Crippen molar-refractivity contribution in [2.75, 3.05) is 26.6 Å². The standard InChI is InChI=1S/C21H22N4O4/c1-27-17-11-16(12-18(28-2)20(17)29-3)25-21(26)24-13-15-5-4-8-23-19(15)14-6-9-22-10-7-14/h4-12H,13H2,1-3H3,(H2,24,25,26). The first-order valence-electron chi connectivity index (χ1n) is 8.85. The van der Waals surface area contributed by atoms with Gasteiger partial charge in [0.05, 0.1) is 32.7 Å². The molecule has 150 valence electrons. The summed E-state index contributed by atoms with van der Waals surface area (Å²) in [4.78, 5) is 20.9. The number of pyridine rings is 2. The maximum absolute atomic E-state index is 12.4. The molecule has 0 radical (unpaired) electrons. The Bertz CT molecular complexity index is 954. The number of methoxy groups -OCH3 is 3. The van der Waals surface area contributed by atoms with Crippen LogP contribution in [0, 0.1) is 0 Å². The topological polar surface area (TPSA) is 94.6 Å². The van der Waals surface area contributed by atoms with Crippen LogP contribution in [-0.2, 0) is 6.54 Å². The minimum Gasteiger partial charge on any atom is -0.493 e. The summed E-state index contributed by atoms with van der Waals surface area (Å²) in [5, 5.41) is 5.62. The number of rotatable bonds is 7. The number of hydrogen-bond acceptors (Lipinski definition) is 6. The van der Waals surface area contributed by atoms with E-state index in [1.54, 1.807) is 30.7 Å². The minimum absolute atomic E-state index is 0.307. The molecule has 0 aliphatic heterocycles. The highest BCUT2D eigenvalue weighted by Crippen LogP contribution is 2.39. The Morgan fingerprint density at radius 1 is 0.966 bits per heavy atom. The van der Waals surface area contributed by atoms with Crippen molar-refractivity contribution in [3.05, 3.63) is 60.6 Å². The van der Waals surface area contributed by atoms with Gasteiger partial charge < -0.3 is 24.8 Å². The van der Waals surface area contributed by atoms with E-state index in [0.29, 0.717) is 29.5 Å². The van der Waals surface area contributed by atoms with E-state index in [-0.39, 0.29) is 6.03 Å². The molecule has 29 heavy (non-hydrogen) atoms. The Morgan fingerprint density at radius 3 is 2.28 bits per heavy atom. The molecule has 2 heterocycles. The van der Waals surface area contributed by atoms with E-state index in [9.17, 15) is 4.79 Å². The second kappa shape index (κ2) is 9.41. The summed E-state index contributed by atoms with van der Waals surface area (Å²) in [6.07, 6.45) is 5.13. The molecular weight excluding hydrogens is 372 g/mol. The molecular formula is C21H22N4O4. The number of nitrogens with zero attached hydrogens (tertiary/aromatic N) is 2. The van der Waals surface area contributed by atoms with E-state index in [4.69, 9.17) is 14.2 Å². The Morgan fingerprint density at radius 2 is 1.66 bits per heavy atom. The van der Waals surface area contributed by atoms with Gasteiger partial charge in [-0.25, -0.2) is 4.79 Å². The van der Waals surface area contributed by atoms with E-state index < -0.39 is 0 Å². The van der Waals surface area contributed by atoms with Gasteiger partial charge in [0.2, 0.25) is 5.75 Å². The summed E-state index contributed by atoms with van der Waals surface area (Å²) in [6, 6.07) is 10.5. The highest BCUT2D eigenvalue weighted by molar-refractivity contribution is 5.90. The molecule has 0 spiro atoms. The van der Waals surface area contributed by atoms with Crippen LogP contribution in [0.3, 0.4) is 0 Å². The van der Waals surface area contributed by atoms with Crippen molar-refractivity contribution in [2.45, 2.75) is 6.54 Å². The summed E-state index contributed by atoms with van der Waals surface area (Å²) in [5.41, 5.74) is 3.13. The van der Waals surface area contributed by atoms with Crippen molar-refractivity contribution in [1.29, 1.82) is 0 Å². The second-order valence-electron chi connectivity index (χ2n) is 5.97. The zero-order valence-corrected chi connectivity index (χ0v) is 16.4. The molecule has 0 atom stereocenters. The van der Waals surface area contributed by atoms with E-state index in [1.165, 1.54) is 21.3 Å². The van der Waals surface area contributed by atoms with Crippen LogP contribution < -0.4 is 24.8 Å². The van der Waals surface area contributed by atoms with Gasteiger partial charge in [-0.05, 0) is 23.8 Å². The summed E-state index contributed by atoms with van der Waals surface area (Å²) in [7, 11) is 4.56. The molecule has 2 amide bonds. The van der Waals surface area contributed by atoms with Crippen molar-refractivity contribution in [3.63, 3.8) is 0 Å². The SMILES string of the molecule is COc1cc(NC(=O)NCc2cccnc2-c2ccncc2)cc(OC)c1OC. The number of aromatic nitrogens is 2. The van der Waals surface area contributed by atoms with Gasteiger partial charge in [-0.15, -0.1) is 0 Å². The first-order chi connectivity index (χ1) is 14.2. The first kappa shape index (κ1) is 19.9. The fraction of sp³-hybridized carbons (Fsp3) is 0.190. The third-order valence-corrected chi connectivity index (χ3v) is 4.21. The van der Waals surface area contributed by atoms with Crippen molar-refractivity contribution >= 4 is 11.7 Å². The fourth-order valence-electron chi connectivity index (χ4n) is 2.86. The fourth-order valence-corrected chi connectivity index (χ4v) is 2.86. The molecule has 0 aliphatic rings. The number of carbonyl (C=O) groups excluding carboxylic acids is 1. The molecule has 8 heteroatoms. The predicted octanol–water partition coefficient (Wildman–Crippen LogP) is 3.49. The Labute approximate surface area is 168 Å². The molecule has 0 unspecified atom stereocenters. The van der Waals surface area contributed by atoms with Gasteiger partial charge in [0.25, 0.3) is 0 Å². The lowest BCUT2D eigenvalue weighted by Gasteiger charge is -2.15. The van der Waals surface area contributed by atoms with Crippen LogP contribution in [0.1, 0.15) is 5.56 Å². The molecule has 0 fully saturated rings. The third kappa shape index (κ3) is 4.73. The van der Waals surface area contributed by atoms with Crippen LogP contribution in [0.15, 0.2) is 55.0 Å². The number of ether oxygens (including phenoxy) is 3. The zero-order chi connectivity index (χ0) is 20.6. The van der Waals surface area contributed by atoms with Crippen molar-refractivity contribution in [2.24, 2.45) is 0 Å². The van der Waals surface area contributed by atoms with E-state index in [2.05, 4.69) is 20.6 Å². The third-order valence-electron chi connectivity index (χ3n) is 4.21. The van der Waals surface area contributed by atoms with Gasteiger partial charge in [-0.3, -0.25) is 9.97 Å². The van der Waals surface area contributed by atoms with Gasteiger partial charge in [0.15, 0.2) is 11.5 Å². The van der Waals surface area contributed by atoms with Crippen LogP contribution in [0.25, 0.3) is 11.3 Å². The molecule has 0 aliphatic carbocycles. The lowest BCUT2D eigenvalue weighted by molar-refractivity contribution is 0.251. The number of benzene rings is 1. The van der Waals surface area contributed by atoms with Crippen molar-refractivity contribution < 1.29 is 19.0 Å². The van der Waals surface area contributed by atoms with Crippen LogP contribution in [-0.4, -0.2) is 37.3 Å². The van der Waals surface area contributed by atoms with Crippen molar-refractivity contribution in [1.82, 2.24) is 15.3 Å². The average Bonchev–Trinajstić information content (AvgIpc) is 2.77. The summed E-state index contributed by atoms with van der Waals surface area (Å²) >= 11 is 0. The molecule has 2 aromatic heterocycles. The van der Waals surface area contributed by atoms with Gasteiger partial charge in [-0.1, -0.05) is 6.07 Å². The van der Waals surface area contributed by atoms with Gasteiger partial charge in [0.1, 0.15) is 0 Å². The lowest BCUT2D eigenvalue weighted by atomic mass is 10.1. The molecule has 0 saturated carbocycles. The van der Waals surface area contributed by atoms with E-state index >= 15 is 0 Å². The van der Waals surface area contributed by atoms with Gasteiger partial charge in [-0.2, -0.15) is 0 Å². The van der Waals surface area contributed by atoms with E-state index in [0.717, 1.165) is 16.8 Å². The number of urea groups is 1. The highest BCUT2D eigenvalue weighted by Gasteiger charge is 2.15. The summed E-state index contributed by atoms with van der Waals surface area (Å²) in [5.74, 6) is 1.36. The highest BCUT2D eigenvalue weighted by atomic mass is 16.5. The van der Waals surface area contributed by atoms with Gasteiger partial charge in [0, 0.05) is 42.8 Å². The number of hydrogen-bond donors (Lipinski definition) is 2. The molecule has 0 saturated heterocycles. The van der Waals surface area contributed by atoms with Crippen LogP contribution in [0.2, 0.25) is 0 Å². The summed E-state index contributed by atoms with van der Waals surface area (Å²) in [6.45, 7) is 0.307. The Kier molecular flexibility index (Phi) is 6.47. The molecule has 0 bridgehead atoms. The quantitative estimate of drug-likeness (QED) is 0.637. The Hall–Kier alpha value is -3.81. The summed E-state index contributed by atoms with van der Waals surface area (Å²) < 4.78 is 15.9. The smallest absolute Gasteiger partial charge is 0.319 e. The minimum atomic E-state index is -0.371. The lowest BCUT2D eigenvalue weighted by Crippen LogP contribution is -2.28. The number of anilines is 1. The maximum Gasteiger partial charge on any atom is 0.319 e. The van der Waals surface area contributed by atoms with Crippen LogP contribution in [0.4, 0.5) is 10.5 Å². The van der Waals surface area contributed by atoms with E-state index in [1.807, 2.05) is 24.3 Å². The van der Waals surface area contributed by atoms with Crippen LogP contribution in [0.5, 0.6) is 17.2 Å². The molecule has 1 aromatic carbocycles. The molecule has 8 nitrogen and oxygen atoms in total. The largest absolute Gasteiger partial charge is 0.493 e. The van der Waals surface area contributed by atoms with Crippen LogP contribution >= 0.6 is 0 Å². The number of carbonyl (C=O) groups is 1. The van der Waals surface area contributed by atoms with Crippen molar-refractivity contribution in [3.8, 4) is 28.5 Å². The second-order valence-corrected chi connectivity index (χ2v) is 5.97.